The Kier molecular flexibility index (Phi) is 4.74. The Labute approximate surface area is 118 Å². The third-order valence-electron chi connectivity index (χ3n) is 3.09. The minimum absolute atomic E-state index is 0.179. The molecule has 1 saturated heterocycles. The van der Waals surface area contributed by atoms with Crippen LogP contribution in [0.2, 0.25) is 0 Å². The van der Waals surface area contributed by atoms with Crippen molar-refractivity contribution in [2.45, 2.75) is 18.9 Å². The van der Waals surface area contributed by atoms with Crippen LogP contribution in [-0.4, -0.2) is 29.5 Å². The number of unbranched alkanes of at least 4 members (excludes halogenated alkanes) is 1. The number of rotatable bonds is 5. The van der Waals surface area contributed by atoms with Crippen LogP contribution in [-0.2, 0) is 4.74 Å². The van der Waals surface area contributed by atoms with Gasteiger partial charge in [0.25, 0.3) is 0 Å². The average Bonchev–Trinajstić information content (AvgIpc) is 2.75. The van der Waals surface area contributed by atoms with E-state index in [-0.39, 0.29) is 12.6 Å². The van der Waals surface area contributed by atoms with E-state index in [0.717, 1.165) is 30.3 Å². The molecule has 0 N–H and O–H groups in total. The molecule has 0 radical (unpaired) electrons. The van der Waals surface area contributed by atoms with E-state index in [1.807, 2.05) is 0 Å². The van der Waals surface area contributed by atoms with Gasteiger partial charge in [-0.25, -0.2) is 13.6 Å². The lowest BCUT2D eigenvalue weighted by Gasteiger charge is -2.21. The smallest absolute Gasteiger partial charge is 0.410 e. The van der Waals surface area contributed by atoms with Gasteiger partial charge in [0.1, 0.15) is 6.61 Å². The number of alkyl halides is 1. The maximum Gasteiger partial charge on any atom is 0.410 e. The minimum Gasteiger partial charge on any atom is -0.447 e. The Hall–Kier alpha value is -1.17. The molecule has 1 heterocycles. The molecular weight excluding hydrogens is 320 g/mol. The zero-order chi connectivity index (χ0) is 13.8. The van der Waals surface area contributed by atoms with Crippen molar-refractivity contribution in [1.82, 2.24) is 4.90 Å². The summed E-state index contributed by atoms with van der Waals surface area (Å²) in [5, 5.41) is 0.867. The highest BCUT2D eigenvalue weighted by atomic mass is 79.9. The largest absolute Gasteiger partial charge is 0.447 e. The average molecular weight is 334 g/mol. The Morgan fingerprint density at radius 3 is 2.79 bits per heavy atom. The van der Waals surface area contributed by atoms with Crippen LogP contribution in [0.15, 0.2) is 18.2 Å². The van der Waals surface area contributed by atoms with E-state index in [2.05, 4.69) is 15.9 Å². The molecule has 0 aliphatic carbocycles. The first-order valence-corrected chi connectivity index (χ1v) is 7.20. The normalized spacial score (nSPS) is 18.8. The van der Waals surface area contributed by atoms with E-state index in [1.54, 1.807) is 4.90 Å². The summed E-state index contributed by atoms with van der Waals surface area (Å²) in [5.74, 6) is -1.79. The number of carbonyl (C=O) groups is 1. The topological polar surface area (TPSA) is 29.5 Å². The predicted molar refractivity (Wildman–Crippen MR) is 70.2 cm³/mol. The molecule has 0 aromatic heterocycles. The summed E-state index contributed by atoms with van der Waals surface area (Å²) in [7, 11) is 0. The number of ether oxygens (including phenoxy) is 1. The summed E-state index contributed by atoms with van der Waals surface area (Å²) in [6, 6.07) is 3.35. The van der Waals surface area contributed by atoms with Crippen molar-refractivity contribution in [3.63, 3.8) is 0 Å². The van der Waals surface area contributed by atoms with Crippen LogP contribution in [0.1, 0.15) is 24.4 Å². The van der Waals surface area contributed by atoms with Gasteiger partial charge in [0.2, 0.25) is 0 Å². The van der Waals surface area contributed by atoms with Crippen molar-refractivity contribution >= 4 is 22.0 Å². The van der Waals surface area contributed by atoms with Crippen LogP contribution in [0.5, 0.6) is 0 Å². The fourth-order valence-electron chi connectivity index (χ4n) is 2.07. The molecule has 1 atom stereocenters. The van der Waals surface area contributed by atoms with Crippen LogP contribution >= 0.6 is 15.9 Å². The molecule has 19 heavy (non-hydrogen) atoms. The van der Waals surface area contributed by atoms with Gasteiger partial charge >= 0.3 is 6.09 Å². The first kappa shape index (κ1) is 14.2. The van der Waals surface area contributed by atoms with Crippen molar-refractivity contribution in [2.75, 3.05) is 18.5 Å². The van der Waals surface area contributed by atoms with Gasteiger partial charge in [-0.15, -0.1) is 0 Å². The number of nitrogens with zero attached hydrogens (tertiary/aromatic N) is 1. The number of cyclic esters (lactones) is 1. The second kappa shape index (κ2) is 6.32. The lowest BCUT2D eigenvalue weighted by molar-refractivity contribution is 0.157. The van der Waals surface area contributed by atoms with E-state index < -0.39 is 17.7 Å². The Morgan fingerprint density at radius 2 is 2.11 bits per heavy atom. The van der Waals surface area contributed by atoms with Gasteiger partial charge in [0.05, 0.1) is 6.04 Å². The zero-order valence-corrected chi connectivity index (χ0v) is 11.8. The fourth-order valence-corrected chi connectivity index (χ4v) is 2.47. The van der Waals surface area contributed by atoms with Gasteiger partial charge in [0.15, 0.2) is 11.6 Å². The van der Waals surface area contributed by atoms with Gasteiger partial charge in [-0.05, 0) is 30.5 Å². The molecule has 104 valence electrons. The Morgan fingerprint density at radius 1 is 1.32 bits per heavy atom. The third kappa shape index (κ3) is 3.23. The second-order valence-corrected chi connectivity index (χ2v) is 5.15. The summed E-state index contributed by atoms with van der Waals surface area (Å²) in [6.07, 6.45) is 1.37. The SMILES string of the molecule is O=C1OC[C@H](c2ccc(F)c(F)c2)N1CCCCBr. The standard InChI is InChI=1S/C13H14BrF2NO2/c14-5-1-2-6-17-12(8-19-13(17)18)9-3-4-10(15)11(16)7-9/h3-4,7,12H,1-2,5-6,8H2/t12-/m1/s1. The third-order valence-corrected chi connectivity index (χ3v) is 3.65. The van der Waals surface area contributed by atoms with E-state index in [9.17, 15) is 13.6 Å². The molecule has 1 amide bonds. The van der Waals surface area contributed by atoms with Crippen molar-refractivity contribution in [3.05, 3.63) is 35.4 Å². The molecule has 1 aliphatic rings. The molecule has 1 fully saturated rings. The highest BCUT2D eigenvalue weighted by molar-refractivity contribution is 9.09. The number of hydrogen-bond acceptors (Lipinski definition) is 2. The van der Waals surface area contributed by atoms with Crippen molar-refractivity contribution in [1.29, 1.82) is 0 Å². The molecule has 3 nitrogen and oxygen atoms in total. The number of benzene rings is 1. The van der Waals surface area contributed by atoms with Gasteiger partial charge in [-0.1, -0.05) is 22.0 Å². The monoisotopic (exact) mass is 333 g/mol. The van der Waals surface area contributed by atoms with E-state index >= 15 is 0 Å². The molecule has 1 aromatic rings. The molecule has 6 heteroatoms. The summed E-state index contributed by atoms with van der Waals surface area (Å²) in [4.78, 5) is 13.2. The zero-order valence-electron chi connectivity index (χ0n) is 10.2. The molecule has 0 unspecified atom stereocenters. The van der Waals surface area contributed by atoms with Gasteiger partial charge in [0, 0.05) is 11.9 Å². The maximum atomic E-state index is 13.2. The highest BCUT2D eigenvalue weighted by Gasteiger charge is 2.33. The minimum atomic E-state index is -0.905. The lowest BCUT2D eigenvalue weighted by Crippen LogP contribution is -2.28. The van der Waals surface area contributed by atoms with Gasteiger partial charge in [-0.2, -0.15) is 0 Å². The number of halogens is 3. The molecule has 0 spiro atoms. The van der Waals surface area contributed by atoms with Crippen LogP contribution in [0.25, 0.3) is 0 Å². The lowest BCUT2D eigenvalue weighted by atomic mass is 10.1. The highest BCUT2D eigenvalue weighted by Crippen LogP contribution is 2.28. The van der Waals surface area contributed by atoms with Crippen LogP contribution in [0.4, 0.5) is 13.6 Å². The number of hydrogen-bond donors (Lipinski definition) is 0. The molecule has 0 bridgehead atoms. The summed E-state index contributed by atoms with van der Waals surface area (Å²) >= 11 is 3.33. The summed E-state index contributed by atoms with van der Waals surface area (Å²) < 4.78 is 31.1. The van der Waals surface area contributed by atoms with Crippen LogP contribution in [0, 0.1) is 11.6 Å². The molecular formula is C13H14BrF2NO2. The van der Waals surface area contributed by atoms with Crippen molar-refractivity contribution < 1.29 is 18.3 Å². The van der Waals surface area contributed by atoms with Crippen LogP contribution in [0.3, 0.4) is 0 Å². The Balaban J connectivity index is 2.12. The van der Waals surface area contributed by atoms with Gasteiger partial charge < -0.3 is 4.74 Å². The number of amides is 1. The summed E-state index contributed by atoms with van der Waals surface area (Å²) in [5.41, 5.74) is 0.559. The molecule has 1 aromatic carbocycles. The molecule has 1 aliphatic heterocycles. The second-order valence-electron chi connectivity index (χ2n) is 4.36. The van der Waals surface area contributed by atoms with E-state index in [4.69, 9.17) is 4.74 Å². The first-order chi connectivity index (χ1) is 9.13. The maximum absolute atomic E-state index is 13.2. The molecule has 0 saturated carbocycles. The summed E-state index contributed by atoms with van der Waals surface area (Å²) in [6.45, 7) is 0.728. The fraction of sp³-hybridized carbons (Fsp3) is 0.462. The first-order valence-electron chi connectivity index (χ1n) is 6.08. The Bertz CT molecular complexity index is 470. The predicted octanol–water partition coefficient (Wildman–Crippen LogP) is 3.63. The quantitative estimate of drug-likeness (QED) is 0.608. The van der Waals surface area contributed by atoms with E-state index in [1.165, 1.54) is 6.07 Å². The van der Waals surface area contributed by atoms with E-state index in [0.29, 0.717) is 12.1 Å². The van der Waals surface area contributed by atoms with Crippen molar-refractivity contribution in [2.24, 2.45) is 0 Å². The van der Waals surface area contributed by atoms with Gasteiger partial charge in [-0.3, -0.25) is 4.90 Å². The van der Waals surface area contributed by atoms with Crippen molar-refractivity contribution in [3.8, 4) is 0 Å². The van der Waals surface area contributed by atoms with Crippen LogP contribution < -0.4 is 0 Å². The molecule has 2 rings (SSSR count). The number of carbonyl (C=O) groups excluding carboxylic acids is 1.